The van der Waals surface area contributed by atoms with Crippen LogP contribution >= 0.6 is 0 Å². The number of rotatable bonds is 1. The molecule has 2 aliphatic heterocycles. The summed E-state index contributed by atoms with van der Waals surface area (Å²) < 4.78 is 5.75. The SMILES string of the molecule is [CH2]CC12CCC(CC1)O2. The van der Waals surface area contributed by atoms with Gasteiger partial charge in [0.1, 0.15) is 0 Å². The van der Waals surface area contributed by atoms with Gasteiger partial charge >= 0.3 is 0 Å². The fraction of sp³-hybridized carbons (Fsp3) is 0.875. The molecule has 2 rings (SSSR count). The van der Waals surface area contributed by atoms with E-state index in [2.05, 4.69) is 6.92 Å². The van der Waals surface area contributed by atoms with Gasteiger partial charge in [0.05, 0.1) is 11.7 Å². The first-order valence-electron chi connectivity index (χ1n) is 3.82. The summed E-state index contributed by atoms with van der Waals surface area (Å²) in [5, 5.41) is 0. The number of ether oxygens (including phenoxy) is 1. The largest absolute Gasteiger partial charge is 0.372 e. The number of hydrogen-bond donors (Lipinski definition) is 0. The second-order valence-electron chi connectivity index (χ2n) is 3.25. The van der Waals surface area contributed by atoms with Crippen LogP contribution in [0.1, 0.15) is 32.1 Å². The van der Waals surface area contributed by atoms with Crippen molar-refractivity contribution in [2.75, 3.05) is 0 Å². The first-order chi connectivity index (χ1) is 4.35. The lowest BCUT2D eigenvalue weighted by Crippen LogP contribution is -2.22. The molecule has 1 nitrogen and oxygen atoms in total. The molecule has 0 saturated carbocycles. The van der Waals surface area contributed by atoms with Gasteiger partial charge in [0.15, 0.2) is 0 Å². The van der Waals surface area contributed by atoms with Crippen molar-refractivity contribution >= 4 is 0 Å². The molecule has 0 spiro atoms. The highest BCUT2D eigenvalue weighted by Crippen LogP contribution is 2.45. The van der Waals surface area contributed by atoms with E-state index < -0.39 is 0 Å². The Morgan fingerprint density at radius 2 is 2.11 bits per heavy atom. The highest BCUT2D eigenvalue weighted by atomic mass is 16.5. The summed E-state index contributed by atoms with van der Waals surface area (Å²) in [6.07, 6.45) is 6.68. The van der Waals surface area contributed by atoms with Gasteiger partial charge in [-0.05, 0) is 32.1 Å². The van der Waals surface area contributed by atoms with Crippen molar-refractivity contribution in [3.05, 3.63) is 6.92 Å². The summed E-state index contributed by atoms with van der Waals surface area (Å²) in [5.74, 6) is 0. The van der Waals surface area contributed by atoms with Crippen molar-refractivity contribution in [1.82, 2.24) is 0 Å². The molecule has 0 aliphatic carbocycles. The topological polar surface area (TPSA) is 9.23 Å². The van der Waals surface area contributed by atoms with Crippen molar-refractivity contribution in [3.63, 3.8) is 0 Å². The lowest BCUT2D eigenvalue weighted by Gasteiger charge is -2.21. The highest BCUT2D eigenvalue weighted by molar-refractivity contribution is 4.96. The van der Waals surface area contributed by atoms with Crippen LogP contribution in [0.2, 0.25) is 0 Å². The van der Waals surface area contributed by atoms with E-state index in [1.165, 1.54) is 25.7 Å². The molecule has 1 radical (unpaired) electrons. The molecule has 2 saturated heterocycles. The van der Waals surface area contributed by atoms with Gasteiger partial charge in [0.2, 0.25) is 0 Å². The maximum Gasteiger partial charge on any atom is 0.0688 e. The molecule has 0 atom stereocenters. The number of hydrogen-bond acceptors (Lipinski definition) is 1. The van der Waals surface area contributed by atoms with Gasteiger partial charge in [-0.25, -0.2) is 0 Å². The summed E-state index contributed by atoms with van der Waals surface area (Å²) in [5.41, 5.74) is 0.241. The Balaban J connectivity index is 2.13. The standard InChI is InChI=1S/C8H13O/c1-2-8-5-3-7(9-8)4-6-8/h7H,1-6H2. The summed E-state index contributed by atoms with van der Waals surface area (Å²) in [6.45, 7) is 3.91. The van der Waals surface area contributed by atoms with E-state index in [0.717, 1.165) is 6.42 Å². The summed E-state index contributed by atoms with van der Waals surface area (Å²) in [6, 6.07) is 0. The number of fused-ring (bicyclic) bond motifs is 2. The zero-order valence-corrected chi connectivity index (χ0v) is 5.73. The van der Waals surface area contributed by atoms with E-state index in [-0.39, 0.29) is 5.60 Å². The zero-order chi connectivity index (χ0) is 6.32. The smallest absolute Gasteiger partial charge is 0.0688 e. The summed E-state index contributed by atoms with van der Waals surface area (Å²) >= 11 is 0. The molecular formula is C8H13O. The van der Waals surface area contributed by atoms with Crippen LogP contribution in [-0.4, -0.2) is 11.7 Å². The minimum atomic E-state index is 0.241. The molecule has 2 bridgehead atoms. The monoisotopic (exact) mass is 125 g/mol. The van der Waals surface area contributed by atoms with Crippen LogP contribution < -0.4 is 0 Å². The van der Waals surface area contributed by atoms with E-state index in [4.69, 9.17) is 4.74 Å². The predicted octanol–water partition coefficient (Wildman–Crippen LogP) is 1.92. The second-order valence-corrected chi connectivity index (χ2v) is 3.25. The minimum absolute atomic E-state index is 0.241. The molecular weight excluding hydrogens is 112 g/mol. The van der Waals surface area contributed by atoms with Crippen LogP contribution in [0.15, 0.2) is 0 Å². The normalized spacial score (nSPS) is 48.3. The van der Waals surface area contributed by atoms with Crippen LogP contribution in [0.3, 0.4) is 0 Å². The maximum atomic E-state index is 5.75. The Morgan fingerprint density at radius 1 is 1.44 bits per heavy atom. The third-order valence-electron chi connectivity index (χ3n) is 2.72. The molecule has 0 aromatic heterocycles. The molecule has 2 aliphatic rings. The molecule has 9 heavy (non-hydrogen) atoms. The van der Waals surface area contributed by atoms with Crippen molar-refractivity contribution in [2.24, 2.45) is 0 Å². The highest BCUT2D eigenvalue weighted by Gasteiger charge is 2.44. The third kappa shape index (κ3) is 0.710. The van der Waals surface area contributed by atoms with E-state index >= 15 is 0 Å². The van der Waals surface area contributed by atoms with Crippen LogP contribution in [0.4, 0.5) is 0 Å². The molecule has 0 aromatic rings. The molecule has 0 aromatic carbocycles. The second kappa shape index (κ2) is 1.72. The lowest BCUT2D eigenvalue weighted by atomic mass is 9.87. The predicted molar refractivity (Wildman–Crippen MR) is 36.0 cm³/mol. The molecule has 0 N–H and O–H groups in total. The van der Waals surface area contributed by atoms with E-state index in [1.54, 1.807) is 0 Å². The molecule has 2 heterocycles. The average Bonchev–Trinajstić information content (AvgIpc) is 2.46. The first kappa shape index (κ1) is 5.72. The lowest BCUT2D eigenvalue weighted by molar-refractivity contribution is 0.0154. The average molecular weight is 125 g/mol. The first-order valence-corrected chi connectivity index (χ1v) is 3.82. The van der Waals surface area contributed by atoms with Crippen molar-refractivity contribution < 1.29 is 4.74 Å². The van der Waals surface area contributed by atoms with Gasteiger partial charge in [-0.1, -0.05) is 6.92 Å². The van der Waals surface area contributed by atoms with Crippen molar-refractivity contribution in [2.45, 2.75) is 43.8 Å². The fourth-order valence-electron chi connectivity index (χ4n) is 2.02. The molecule has 1 heteroatoms. The van der Waals surface area contributed by atoms with Gasteiger partial charge in [-0.15, -0.1) is 0 Å². The van der Waals surface area contributed by atoms with Gasteiger partial charge in [-0.2, -0.15) is 0 Å². The van der Waals surface area contributed by atoms with Gasteiger partial charge in [0.25, 0.3) is 0 Å². The van der Waals surface area contributed by atoms with Gasteiger partial charge in [0, 0.05) is 0 Å². The van der Waals surface area contributed by atoms with Crippen LogP contribution in [0.5, 0.6) is 0 Å². The molecule has 51 valence electrons. The van der Waals surface area contributed by atoms with E-state index in [1.807, 2.05) is 0 Å². The maximum absolute atomic E-state index is 5.75. The third-order valence-corrected chi connectivity index (χ3v) is 2.72. The summed E-state index contributed by atoms with van der Waals surface area (Å²) in [4.78, 5) is 0. The Hall–Kier alpha value is -0.0400. The molecule has 0 amide bonds. The van der Waals surface area contributed by atoms with Crippen LogP contribution in [0, 0.1) is 6.92 Å². The van der Waals surface area contributed by atoms with Crippen molar-refractivity contribution in [1.29, 1.82) is 0 Å². The van der Waals surface area contributed by atoms with E-state index in [0.29, 0.717) is 6.10 Å². The Morgan fingerprint density at radius 3 is 2.33 bits per heavy atom. The zero-order valence-electron chi connectivity index (χ0n) is 5.73. The van der Waals surface area contributed by atoms with Crippen LogP contribution in [0.25, 0.3) is 0 Å². The summed E-state index contributed by atoms with van der Waals surface area (Å²) in [7, 11) is 0. The fourth-order valence-corrected chi connectivity index (χ4v) is 2.02. The quantitative estimate of drug-likeness (QED) is 0.520. The van der Waals surface area contributed by atoms with Crippen molar-refractivity contribution in [3.8, 4) is 0 Å². The van der Waals surface area contributed by atoms with Crippen LogP contribution in [-0.2, 0) is 4.74 Å². The van der Waals surface area contributed by atoms with Gasteiger partial charge in [-0.3, -0.25) is 0 Å². The Kier molecular flexibility index (Phi) is 1.10. The minimum Gasteiger partial charge on any atom is -0.372 e. The Bertz CT molecular complexity index is 112. The molecule has 0 unspecified atom stereocenters. The van der Waals surface area contributed by atoms with Gasteiger partial charge < -0.3 is 4.74 Å². The Labute approximate surface area is 56.4 Å². The molecule has 2 fully saturated rings. The van der Waals surface area contributed by atoms with E-state index in [9.17, 15) is 0 Å².